The fourth-order valence-corrected chi connectivity index (χ4v) is 3.09. The van der Waals surface area contributed by atoms with Gasteiger partial charge < -0.3 is 15.1 Å². The average Bonchev–Trinajstić information content (AvgIpc) is 3.27. The molecule has 0 aliphatic heterocycles. The van der Waals surface area contributed by atoms with Crippen LogP contribution in [0.1, 0.15) is 22.5 Å². The molecule has 0 spiro atoms. The van der Waals surface area contributed by atoms with E-state index >= 15 is 0 Å². The van der Waals surface area contributed by atoms with E-state index in [1.54, 1.807) is 60.9 Å². The fourth-order valence-electron chi connectivity index (χ4n) is 2.96. The Labute approximate surface area is 185 Å². The molecule has 2 N–H and O–H groups in total. The minimum atomic E-state index is -0.352. The van der Waals surface area contributed by atoms with Crippen molar-refractivity contribution in [2.45, 2.75) is 13.0 Å². The van der Waals surface area contributed by atoms with Crippen LogP contribution in [0.3, 0.4) is 0 Å². The monoisotopic (exact) mass is 436 g/mol. The van der Waals surface area contributed by atoms with Gasteiger partial charge in [0.15, 0.2) is 0 Å². The smallest absolute Gasteiger partial charge is 0.257 e. The highest BCUT2D eigenvalue weighted by atomic mass is 35.5. The second kappa shape index (κ2) is 11.0. The Bertz CT molecular complexity index is 1060. The van der Waals surface area contributed by atoms with E-state index < -0.39 is 0 Å². The van der Waals surface area contributed by atoms with Crippen molar-refractivity contribution in [2.24, 2.45) is 0 Å². The van der Waals surface area contributed by atoms with Crippen molar-refractivity contribution in [1.82, 2.24) is 4.90 Å². The zero-order chi connectivity index (χ0) is 22.1. The number of halogens is 1. The first-order chi connectivity index (χ1) is 15.0. The first kappa shape index (κ1) is 22.1. The standard InChI is InChI=1S/C23H21ClN4O3/c24-17-8-10-18(11-9-17)26-23(30)20-6-1-2-7-21(20)27-22(29)16-28(13-4-12-25)15-19-5-3-14-31-19/h1-3,5-11,14H,4,13,15-16H2,(H,26,30)(H,27,29). The molecular formula is C23H21ClN4O3. The number of hydrogen-bond donors (Lipinski definition) is 2. The van der Waals surface area contributed by atoms with Crippen LogP contribution in [0, 0.1) is 11.3 Å². The summed E-state index contributed by atoms with van der Waals surface area (Å²) in [5, 5.41) is 15.0. The number of amides is 2. The lowest BCUT2D eigenvalue weighted by Crippen LogP contribution is -2.34. The molecule has 0 aliphatic rings. The van der Waals surface area contributed by atoms with E-state index in [9.17, 15) is 9.59 Å². The van der Waals surface area contributed by atoms with Gasteiger partial charge in [-0.25, -0.2) is 0 Å². The summed E-state index contributed by atoms with van der Waals surface area (Å²) in [6, 6.07) is 19.2. The van der Waals surface area contributed by atoms with Gasteiger partial charge in [0.2, 0.25) is 5.91 Å². The SMILES string of the molecule is N#CCCN(CC(=O)Nc1ccccc1C(=O)Nc1ccc(Cl)cc1)Cc1ccco1. The molecule has 0 bridgehead atoms. The third kappa shape index (κ3) is 6.71. The summed E-state index contributed by atoms with van der Waals surface area (Å²) < 4.78 is 5.34. The number of rotatable bonds is 9. The summed E-state index contributed by atoms with van der Waals surface area (Å²) in [6.45, 7) is 0.875. The van der Waals surface area contributed by atoms with E-state index in [2.05, 4.69) is 16.7 Å². The molecule has 7 nitrogen and oxygen atoms in total. The van der Waals surface area contributed by atoms with Gasteiger partial charge in [0.25, 0.3) is 5.91 Å². The van der Waals surface area contributed by atoms with E-state index in [4.69, 9.17) is 21.3 Å². The summed E-state index contributed by atoms with van der Waals surface area (Å²) >= 11 is 5.88. The van der Waals surface area contributed by atoms with Gasteiger partial charge in [0.1, 0.15) is 5.76 Å². The molecule has 2 amide bonds. The molecule has 0 unspecified atom stereocenters. The normalized spacial score (nSPS) is 10.5. The minimum Gasteiger partial charge on any atom is -0.468 e. The van der Waals surface area contributed by atoms with Crippen molar-refractivity contribution in [3.8, 4) is 6.07 Å². The van der Waals surface area contributed by atoms with Gasteiger partial charge >= 0.3 is 0 Å². The number of hydrogen-bond acceptors (Lipinski definition) is 5. The maximum atomic E-state index is 12.7. The van der Waals surface area contributed by atoms with Crippen molar-refractivity contribution in [1.29, 1.82) is 5.26 Å². The molecule has 0 radical (unpaired) electrons. The minimum absolute atomic E-state index is 0.0511. The number of carbonyl (C=O) groups excluding carboxylic acids is 2. The fraction of sp³-hybridized carbons (Fsp3) is 0.174. The van der Waals surface area contributed by atoms with Gasteiger partial charge in [-0.3, -0.25) is 14.5 Å². The Balaban J connectivity index is 1.66. The highest BCUT2D eigenvalue weighted by Gasteiger charge is 2.16. The summed E-state index contributed by atoms with van der Waals surface area (Å²) in [7, 11) is 0. The number of benzene rings is 2. The quantitative estimate of drug-likeness (QED) is 0.513. The lowest BCUT2D eigenvalue weighted by Gasteiger charge is -2.20. The molecule has 1 heterocycles. The van der Waals surface area contributed by atoms with Crippen LogP contribution in [0.2, 0.25) is 5.02 Å². The number of anilines is 2. The Morgan fingerprint density at radius 3 is 2.52 bits per heavy atom. The molecule has 158 valence electrons. The summed E-state index contributed by atoms with van der Waals surface area (Å²) in [4.78, 5) is 27.2. The Morgan fingerprint density at radius 1 is 1.03 bits per heavy atom. The van der Waals surface area contributed by atoms with Crippen molar-refractivity contribution in [3.05, 3.63) is 83.3 Å². The van der Waals surface area contributed by atoms with E-state index in [1.807, 2.05) is 11.0 Å². The third-order valence-corrected chi connectivity index (χ3v) is 4.67. The van der Waals surface area contributed by atoms with Crippen molar-refractivity contribution >= 4 is 34.8 Å². The molecule has 8 heteroatoms. The predicted octanol–water partition coefficient (Wildman–Crippen LogP) is 4.54. The molecule has 0 atom stereocenters. The van der Waals surface area contributed by atoms with Crippen LogP contribution in [0.4, 0.5) is 11.4 Å². The van der Waals surface area contributed by atoms with Gasteiger partial charge in [0.05, 0.1) is 36.7 Å². The summed E-state index contributed by atoms with van der Waals surface area (Å²) in [5.74, 6) is 0.0554. The first-order valence-electron chi connectivity index (χ1n) is 9.62. The van der Waals surface area contributed by atoms with Gasteiger partial charge in [-0.05, 0) is 48.5 Å². The third-order valence-electron chi connectivity index (χ3n) is 4.41. The van der Waals surface area contributed by atoms with Gasteiger partial charge in [-0.1, -0.05) is 23.7 Å². The highest BCUT2D eigenvalue weighted by molar-refractivity contribution is 6.30. The lowest BCUT2D eigenvalue weighted by atomic mass is 10.1. The van der Waals surface area contributed by atoms with Crippen LogP contribution in [0.15, 0.2) is 71.3 Å². The largest absolute Gasteiger partial charge is 0.468 e. The molecule has 0 saturated heterocycles. The number of para-hydroxylation sites is 1. The number of furan rings is 1. The van der Waals surface area contributed by atoms with Crippen LogP contribution >= 0.6 is 11.6 Å². The van der Waals surface area contributed by atoms with Crippen LogP contribution in [-0.2, 0) is 11.3 Å². The van der Waals surface area contributed by atoms with E-state index in [-0.39, 0.29) is 24.8 Å². The van der Waals surface area contributed by atoms with E-state index in [0.717, 1.165) is 0 Å². The van der Waals surface area contributed by atoms with Crippen LogP contribution < -0.4 is 10.6 Å². The van der Waals surface area contributed by atoms with Crippen molar-refractivity contribution in [2.75, 3.05) is 23.7 Å². The van der Waals surface area contributed by atoms with Crippen molar-refractivity contribution < 1.29 is 14.0 Å². The number of nitriles is 1. The highest BCUT2D eigenvalue weighted by Crippen LogP contribution is 2.19. The molecule has 0 aliphatic carbocycles. The number of nitrogens with one attached hydrogen (secondary N) is 2. The zero-order valence-corrected chi connectivity index (χ0v) is 17.4. The maximum Gasteiger partial charge on any atom is 0.257 e. The molecule has 0 saturated carbocycles. The molecule has 3 aromatic rings. The molecular weight excluding hydrogens is 416 g/mol. The van der Waals surface area contributed by atoms with Gasteiger partial charge in [-0.2, -0.15) is 5.26 Å². The molecule has 1 aromatic heterocycles. The summed E-state index contributed by atoms with van der Waals surface area (Å²) in [6.07, 6.45) is 1.85. The lowest BCUT2D eigenvalue weighted by molar-refractivity contribution is -0.117. The molecule has 31 heavy (non-hydrogen) atoms. The number of nitrogens with zero attached hydrogens (tertiary/aromatic N) is 2. The summed E-state index contributed by atoms with van der Waals surface area (Å²) in [5.41, 5.74) is 1.33. The Morgan fingerprint density at radius 2 is 1.81 bits per heavy atom. The van der Waals surface area contributed by atoms with Gasteiger partial charge in [0, 0.05) is 23.7 Å². The van der Waals surface area contributed by atoms with Crippen LogP contribution in [0.5, 0.6) is 0 Å². The second-order valence-electron chi connectivity index (χ2n) is 6.75. The second-order valence-corrected chi connectivity index (χ2v) is 7.19. The molecule has 0 fully saturated rings. The van der Waals surface area contributed by atoms with E-state index in [1.165, 1.54) is 0 Å². The average molecular weight is 437 g/mol. The maximum absolute atomic E-state index is 12.7. The van der Waals surface area contributed by atoms with Crippen LogP contribution in [-0.4, -0.2) is 29.8 Å². The zero-order valence-electron chi connectivity index (χ0n) is 16.7. The predicted molar refractivity (Wildman–Crippen MR) is 119 cm³/mol. The van der Waals surface area contributed by atoms with Gasteiger partial charge in [-0.15, -0.1) is 0 Å². The molecule has 3 rings (SSSR count). The molecule has 2 aromatic carbocycles. The van der Waals surface area contributed by atoms with E-state index in [0.29, 0.717) is 40.8 Å². The number of carbonyl (C=O) groups is 2. The van der Waals surface area contributed by atoms with Crippen molar-refractivity contribution in [3.63, 3.8) is 0 Å². The van der Waals surface area contributed by atoms with Crippen LogP contribution in [0.25, 0.3) is 0 Å². The Kier molecular flexibility index (Phi) is 7.82. The first-order valence-corrected chi connectivity index (χ1v) is 10.0. The topological polar surface area (TPSA) is 98.4 Å². The Hall–Kier alpha value is -3.60.